The molecule has 2 N–H and O–H groups in total. The Morgan fingerprint density at radius 2 is 1.06 bits per heavy atom. The van der Waals surface area contributed by atoms with Crippen LogP contribution in [0.15, 0.2) is 0 Å². The van der Waals surface area contributed by atoms with Gasteiger partial charge in [-0.2, -0.15) is 0 Å². The highest BCUT2D eigenvalue weighted by Gasteiger charge is 2.12. The predicted octanol–water partition coefficient (Wildman–Crippen LogP) is 3.46. The molecule has 100 valence electrons. The van der Waals surface area contributed by atoms with Gasteiger partial charge >= 0.3 is 0 Å². The Labute approximate surface area is 102 Å². The minimum absolute atomic E-state index is 0.120. The molecule has 0 aliphatic carbocycles. The van der Waals surface area contributed by atoms with Crippen LogP contribution in [0.3, 0.4) is 0 Å². The molecule has 2 nitrogen and oxygen atoms in total. The van der Waals surface area contributed by atoms with Gasteiger partial charge in [-0.05, 0) is 24.7 Å². The fourth-order valence-electron chi connectivity index (χ4n) is 1.74. The van der Waals surface area contributed by atoms with E-state index < -0.39 is 0 Å². The SMILES string of the molecule is CC(C)C(O)C(C)C.CCC(CC)C(C)O. The maximum Gasteiger partial charge on any atom is 0.0586 e. The maximum atomic E-state index is 9.20. The molecule has 0 aromatic rings. The molecule has 2 heteroatoms. The minimum Gasteiger partial charge on any atom is -0.393 e. The quantitative estimate of drug-likeness (QED) is 0.762. The van der Waals surface area contributed by atoms with Crippen LogP contribution in [-0.4, -0.2) is 22.4 Å². The van der Waals surface area contributed by atoms with E-state index in [1.165, 1.54) is 0 Å². The summed E-state index contributed by atoms with van der Waals surface area (Å²) < 4.78 is 0. The Bertz CT molecular complexity index is 121. The Kier molecular flexibility index (Phi) is 11.5. The Morgan fingerprint density at radius 3 is 1.06 bits per heavy atom. The zero-order valence-corrected chi connectivity index (χ0v) is 12.2. The lowest BCUT2D eigenvalue weighted by Gasteiger charge is -2.17. The van der Waals surface area contributed by atoms with E-state index in [1.807, 2.05) is 34.6 Å². The van der Waals surface area contributed by atoms with E-state index in [-0.39, 0.29) is 12.2 Å². The molecule has 0 aromatic carbocycles. The van der Waals surface area contributed by atoms with Gasteiger partial charge in [0.2, 0.25) is 0 Å². The first-order chi connectivity index (χ1) is 7.27. The number of hydrogen-bond acceptors (Lipinski definition) is 2. The highest BCUT2D eigenvalue weighted by atomic mass is 16.3. The van der Waals surface area contributed by atoms with Crippen LogP contribution in [0.25, 0.3) is 0 Å². The molecule has 0 aliphatic rings. The molecule has 0 fully saturated rings. The van der Waals surface area contributed by atoms with Crippen molar-refractivity contribution < 1.29 is 10.2 Å². The molecule has 16 heavy (non-hydrogen) atoms. The fourth-order valence-corrected chi connectivity index (χ4v) is 1.74. The molecule has 0 amide bonds. The molecule has 0 saturated carbocycles. The second-order valence-corrected chi connectivity index (χ2v) is 5.30. The van der Waals surface area contributed by atoms with Crippen LogP contribution in [-0.2, 0) is 0 Å². The van der Waals surface area contributed by atoms with Crippen molar-refractivity contribution in [1.82, 2.24) is 0 Å². The van der Waals surface area contributed by atoms with Crippen molar-refractivity contribution in [2.45, 2.75) is 73.5 Å². The molecule has 0 bridgehead atoms. The Balaban J connectivity index is 0. The molecule has 0 rings (SSSR count). The Morgan fingerprint density at radius 1 is 0.750 bits per heavy atom. The largest absolute Gasteiger partial charge is 0.393 e. The van der Waals surface area contributed by atoms with Gasteiger partial charge in [0.25, 0.3) is 0 Å². The van der Waals surface area contributed by atoms with Gasteiger partial charge in [0.15, 0.2) is 0 Å². The van der Waals surface area contributed by atoms with Crippen LogP contribution in [0.4, 0.5) is 0 Å². The van der Waals surface area contributed by atoms with E-state index >= 15 is 0 Å². The summed E-state index contributed by atoms with van der Waals surface area (Å²) in [5, 5.41) is 18.2. The molecule has 0 spiro atoms. The van der Waals surface area contributed by atoms with Gasteiger partial charge in [0.05, 0.1) is 12.2 Å². The van der Waals surface area contributed by atoms with Crippen molar-refractivity contribution in [3.8, 4) is 0 Å². The standard InChI is InChI=1S/2C7H16O/c1-5(2)7(8)6(3)4;1-4-7(5-2)6(3)8/h5-8H,1-4H3;6-8H,4-5H2,1-3H3. The van der Waals surface area contributed by atoms with E-state index in [2.05, 4.69) is 13.8 Å². The van der Waals surface area contributed by atoms with Crippen molar-refractivity contribution in [3.63, 3.8) is 0 Å². The molecule has 1 atom stereocenters. The van der Waals surface area contributed by atoms with Gasteiger partial charge in [0.1, 0.15) is 0 Å². The topological polar surface area (TPSA) is 40.5 Å². The van der Waals surface area contributed by atoms with Crippen molar-refractivity contribution in [3.05, 3.63) is 0 Å². The van der Waals surface area contributed by atoms with Crippen molar-refractivity contribution >= 4 is 0 Å². The second kappa shape index (κ2) is 10.1. The summed E-state index contributed by atoms with van der Waals surface area (Å²) in [5.74, 6) is 1.31. The third kappa shape index (κ3) is 9.17. The smallest absolute Gasteiger partial charge is 0.0586 e. The fraction of sp³-hybridized carbons (Fsp3) is 1.00. The van der Waals surface area contributed by atoms with Crippen molar-refractivity contribution in [2.24, 2.45) is 17.8 Å². The molecule has 0 aromatic heterocycles. The lowest BCUT2D eigenvalue weighted by Crippen LogP contribution is -2.20. The van der Waals surface area contributed by atoms with Crippen molar-refractivity contribution in [1.29, 1.82) is 0 Å². The summed E-state index contributed by atoms with van der Waals surface area (Å²) in [6, 6.07) is 0. The second-order valence-electron chi connectivity index (χ2n) is 5.30. The first-order valence-corrected chi connectivity index (χ1v) is 6.63. The molecule has 0 saturated heterocycles. The summed E-state index contributed by atoms with van der Waals surface area (Å²) in [4.78, 5) is 0. The summed E-state index contributed by atoms with van der Waals surface area (Å²) in [6.07, 6.45) is 1.93. The van der Waals surface area contributed by atoms with Crippen LogP contribution < -0.4 is 0 Å². The minimum atomic E-state index is -0.130. The van der Waals surface area contributed by atoms with Gasteiger partial charge in [-0.3, -0.25) is 0 Å². The van der Waals surface area contributed by atoms with Gasteiger partial charge < -0.3 is 10.2 Å². The first kappa shape index (κ1) is 18.3. The average molecular weight is 232 g/mol. The highest BCUT2D eigenvalue weighted by Crippen LogP contribution is 2.11. The number of aliphatic hydroxyl groups is 2. The first-order valence-electron chi connectivity index (χ1n) is 6.63. The van der Waals surface area contributed by atoms with Crippen LogP contribution in [0.5, 0.6) is 0 Å². The third-order valence-electron chi connectivity index (χ3n) is 3.10. The van der Waals surface area contributed by atoms with Gasteiger partial charge in [-0.15, -0.1) is 0 Å². The zero-order valence-electron chi connectivity index (χ0n) is 12.2. The van der Waals surface area contributed by atoms with E-state index in [1.54, 1.807) is 0 Å². The highest BCUT2D eigenvalue weighted by molar-refractivity contribution is 4.62. The lowest BCUT2D eigenvalue weighted by atomic mass is 9.97. The molecule has 0 heterocycles. The van der Waals surface area contributed by atoms with Crippen LogP contribution in [0.2, 0.25) is 0 Å². The molecule has 0 aliphatic heterocycles. The normalized spacial score (nSPS) is 13.3. The monoisotopic (exact) mass is 232 g/mol. The summed E-state index contributed by atoms with van der Waals surface area (Å²) in [5.41, 5.74) is 0. The molecule has 1 unspecified atom stereocenters. The van der Waals surface area contributed by atoms with E-state index in [0.29, 0.717) is 17.8 Å². The zero-order chi connectivity index (χ0) is 13.3. The van der Waals surface area contributed by atoms with Crippen LogP contribution in [0.1, 0.15) is 61.3 Å². The number of rotatable bonds is 5. The Hall–Kier alpha value is -0.0800. The third-order valence-corrected chi connectivity index (χ3v) is 3.10. The summed E-state index contributed by atoms with van der Waals surface area (Å²) >= 11 is 0. The van der Waals surface area contributed by atoms with Crippen LogP contribution >= 0.6 is 0 Å². The van der Waals surface area contributed by atoms with Crippen molar-refractivity contribution in [2.75, 3.05) is 0 Å². The van der Waals surface area contributed by atoms with Crippen LogP contribution in [0, 0.1) is 17.8 Å². The molecular weight excluding hydrogens is 200 g/mol. The van der Waals surface area contributed by atoms with Gasteiger partial charge in [-0.1, -0.05) is 54.4 Å². The number of hydrogen-bond donors (Lipinski definition) is 2. The van der Waals surface area contributed by atoms with E-state index in [4.69, 9.17) is 5.11 Å². The molecule has 0 radical (unpaired) electrons. The maximum absolute atomic E-state index is 9.20. The van der Waals surface area contributed by atoms with E-state index in [0.717, 1.165) is 12.8 Å². The molecular formula is C14H32O2. The summed E-state index contributed by atoms with van der Waals surface area (Å²) in [6.45, 7) is 14.2. The number of aliphatic hydroxyl groups excluding tert-OH is 2. The lowest BCUT2D eigenvalue weighted by molar-refractivity contribution is 0.0801. The van der Waals surface area contributed by atoms with Gasteiger partial charge in [-0.25, -0.2) is 0 Å². The van der Waals surface area contributed by atoms with E-state index in [9.17, 15) is 5.11 Å². The average Bonchev–Trinajstić information content (AvgIpc) is 2.18. The predicted molar refractivity (Wildman–Crippen MR) is 71.4 cm³/mol. The summed E-state index contributed by atoms with van der Waals surface area (Å²) in [7, 11) is 0. The van der Waals surface area contributed by atoms with Gasteiger partial charge in [0, 0.05) is 0 Å².